The molecule has 0 spiro atoms. The van der Waals surface area contributed by atoms with Crippen molar-refractivity contribution < 1.29 is 9.13 Å². The molecule has 1 aliphatic rings. The minimum absolute atomic E-state index is 0.0178. The minimum atomic E-state index is -0.530. The lowest BCUT2D eigenvalue weighted by Crippen LogP contribution is -2.31. The molecular weight excluding hydrogens is 319 g/mol. The number of alkyl halides is 1. The van der Waals surface area contributed by atoms with Crippen molar-refractivity contribution >= 4 is 17.8 Å². The molecular formula is C16H20ClFN4O. The van der Waals surface area contributed by atoms with E-state index in [1.807, 2.05) is 26.1 Å². The van der Waals surface area contributed by atoms with E-state index in [4.69, 9.17) is 16.3 Å². The first-order valence-corrected chi connectivity index (χ1v) is 7.67. The van der Waals surface area contributed by atoms with E-state index < -0.39 is 6.67 Å². The number of rotatable bonds is 7. The Labute approximate surface area is 140 Å². The number of hydrogen-bond donors (Lipinski definition) is 2. The van der Waals surface area contributed by atoms with Crippen LogP contribution >= 0.6 is 11.6 Å². The molecule has 1 atom stereocenters. The molecule has 0 saturated carbocycles. The molecule has 0 amide bonds. The quantitative estimate of drug-likeness (QED) is 0.592. The molecule has 0 aromatic carbocycles. The average Bonchev–Trinajstić information content (AvgIpc) is 2.55. The fourth-order valence-corrected chi connectivity index (χ4v) is 2.40. The summed E-state index contributed by atoms with van der Waals surface area (Å²) >= 11 is 6.16. The fourth-order valence-electron chi connectivity index (χ4n) is 2.17. The molecule has 1 aliphatic heterocycles. The van der Waals surface area contributed by atoms with Crippen molar-refractivity contribution in [3.8, 4) is 5.88 Å². The molecule has 23 heavy (non-hydrogen) atoms. The number of halogens is 2. The minimum Gasteiger partial charge on any atom is -0.475 e. The number of hydrogen-bond acceptors (Lipinski definition) is 5. The lowest BCUT2D eigenvalue weighted by molar-refractivity contribution is 0.263. The van der Waals surface area contributed by atoms with Crippen molar-refractivity contribution in [2.75, 3.05) is 20.3 Å². The highest BCUT2D eigenvalue weighted by Gasteiger charge is 2.14. The van der Waals surface area contributed by atoms with Gasteiger partial charge < -0.3 is 15.4 Å². The number of nitrogens with one attached hydrogen (secondary N) is 2. The number of likely N-dealkylation sites (N-methyl/N-ethyl adjacent to an activating group) is 1. The topological polar surface area (TPSA) is 58.5 Å². The molecule has 1 unspecified atom stereocenters. The van der Waals surface area contributed by atoms with Crippen LogP contribution in [0.3, 0.4) is 0 Å². The molecule has 2 rings (SSSR count). The summed E-state index contributed by atoms with van der Waals surface area (Å²) in [5, 5.41) is 6.66. The third-order valence-electron chi connectivity index (χ3n) is 3.31. The third-order valence-corrected chi connectivity index (χ3v) is 3.63. The van der Waals surface area contributed by atoms with Gasteiger partial charge in [0.2, 0.25) is 5.88 Å². The van der Waals surface area contributed by atoms with Crippen molar-refractivity contribution in [1.29, 1.82) is 0 Å². The summed E-state index contributed by atoms with van der Waals surface area (Å²) < 4.78 is 17.3. The molecule has 0 radical (unpaired) electrons. The van der Waals surface area contributed by atoms with Crippen LogP contribution in [0.2, 0.25) is 0 Å². The van der Waals surface area contributed by atoms with Gasteiger partial charge in [-0.25, -0.2) is 9.37 Å². The van der Waals surface area contributed by atoms with Gasteiger partial charge in [0, 0.05) is 23.5 Å². The second kappa shape index (κ2) is 8.64. The first-order chi connectivity index (χ1) is 11.2. The number of pyridine rings is 1. The number of aryl methyl sites for hydroxylation is 1. The highest BCUT2D eigenvalue weighted by molar-refractivity contribution is 6.31. The number of dihydropyridines is 1. The SMILES string of the molecule is CNC1C=CNC(Cl)=C1C=NCc1cnc(OCCF)c(C)c1. The fraction of sp³-hybridized carbons (Fsp3) is 0.375. The van der Waals surface area contributed by atoms with Gasteiger partial charge >= 0.3 is 0 Å². The van der Waals surface area contributed by atoms with Gasteiger partial charge in [0.1, 0.15) is 18.4 Å². The maximum absolute atomic E-state index is 12.1. The van der Waals surface area contributed by atoms with Crippen LogP contribution in [0.15, 0.2) is 40.3 Å². The summed E-state index contributed by atoms with van der Waals surface area (Å²) in [6.45, 7) is 1.84. The Morgan fingerprint density at radius 2 is 2.39 bits per heavy atom. The number of aromatic nitrogens is 1. The van der Waals surface area contributed by atoms with Crippen LogP contribution < -0.4 is 15.4 Å². The molecule has 0 bridgehead atoms. The molecule has 7 heteroatoms. The van der Waals surface area contributed by atoms with E-state index in [0.29, 0.717) is 17.6 Å². The summed E-state index contributed by atoms with van der Waals surface area (Å²) in [6, 6.07) is 1.96. The van der Waals surface area contributed by atoms with Crippen molar-refractivity contribution in [2.24, 2.45) is 4.99 Å². The summed E-state index contributed by atoms with van der Waals surface area (Å²) in [5.41, 5.74) is 2.69. The predicted octanol–water partition coefficient (Wildman–Crippen LogP) is 2.46. The van der Waals surface area contributed by atoms with Crippen LogP contribution in [0, 0.1) is 6.92 Å². The zero-order valence-corrected chi connectivity index (χ0v) is 13.9. The van der Waals surface area contributed by atoms with Gasteiger partial charge in [-0.3, -0.25) is 4.99 Å². The van der Waals surface area contributed by atoms with Crippen LogP contribution in [0.1, 0.15) is 11.1 Å². The Kier molecular flexibility index (Phi) is 6.55. The van der Waals surface area contributed by atoms with Gasteiger partial charge in [-0.2, -0.15) is 0 Å². The van der Waals surface area contributed by atoms with Gasteiger partial charge in [-0.05, 0) is 37.9 Å². The van der Waals surface area contributed by atoms with E-state index in [0.717, 1.165) is 16.7 Å². The molecule has 0 fully saturated rings. The van der Waals surface area contributed by atoms with Crippen LogP contribution in [0.25, 0.3) is 0 Å². The first kappa shape index (κ1) is 17.4. The Hall–Kier alpha value is -1.92. The van der Waals surface area contributed by atoms with Crippen molar-refractivity contribution in [2.45, 2.75) is 19.5 Å². The molecule has 5 nitrogen and oxygen atoms in total. The summed E-state index contributed by atoms with van der Waals surface area (Å²) in [7, 11) is 1.86. The third kappa shape index (κ3) is 4.77. The van der Waals surface area contributed by atoms with E-state index in [2.05, 4.69) is 20.6 Å². The first-order valence-electron chi connectivity index (χ1n) is 7.30. The second-order valence-corrected chi connectivity index (χ2v) is 5.39. The Morgan fingerprint density at radius 3 is 3.09 bits per heavy atom. The Bertz CT molecular complexity index is 631. The van der Waals surface area contributed by atoms with E-state index in [9.17, 15) is 4.39 Å². The lowest BCUT2D eigenvalue weighted by atomic mass is 10.1. The zero-order valence-electron chi connectivity index (χ0n) is 13.1. The molecule has 1 aromatic rings. The van der Waals surface area contributed by atoms with E-state index in [1.165, 1.54) is 0 Å². The second-order valence-electron chi connectivity index (χ2n) is 5.01. The summed E-state index contributed by atoms with van der Waals surface area (Å²) in [5.74, 6) is 0.456. The van der Waals surface area contributed by atoms with Crippen molar-refractivity contribution in [3.05, 3.63) is 46.4 Å². The highest BCUT2D eigenvalue weighted by Crippen LogP contribution is 2.17. The Morgan fingerprint density at radius 1 is 1.57 bits per heavy atom. The van der Waals surface area contributed by atoms with E-state index in [-0.39, 0.29) is 12.6 Å². The number of nitrogens with zero attached hydrogens (tertiary/aromatic N) is 2. The van der Waals surface area contributed by atoms with Crippen LogP contribution in [-0.2, 0) is 6.54 Å². The van der Waals surface area contributed by atoms with Crippen LogP contribution in [0.5, 0.6) is 5.88 Å². The summed E-state index contributed by atoms with van der Waals surface area (Å²) in [6.07, 6.45) is 7.20. The van der Waals surface area contributed by atoms with E-state index in [1.54, 1.807) is 18.6 Å². The molecule has 2 N–H and O–H groups in total. The lowest BCUT2D eigenvalue weighted by Gasteiger charge is -2.19. The number of ether oxygens (including phenoxy) is 1. The van der Waals surface area contributed by atoms with E-state index >= 15 is 0 Å². The molecule has 0 saturated heterocycles. The molecule has 0 aliphatic carbocycles. The van der Waals surface area contributed by atoms with Crippen LogP contribution in [-0.4, -0.2) is 37.6 Å². The van der Waals surface area contributed by atoms with Gasteiger partial charge in [0.25, 0.3) is 0 Å². The highest BCUT2D eigenvalue weighted by atomic mass is 35.5. The average molecular weight is 339 g/mol. The maximum Gasteiger partial charge on any atom is 0.216 e. The monoisotopic (exact) mass is 338 g/mol. The zero-order chi connectivity index (χ0) is 16.7. The van der Waals surface area contributed by atoms with Crippen LogP contribution in [0.4, 0.5) is 4.39 Å². The molecule has 2 heterocycles. The van der Waals surface area contributed by atoms with Crippen molar-refractivity contribution in [1.82, 2.24) is 15.6 Å². The smallest absolute Gasteiger partial charge is 0.216 e. The maximum atomic E-state index is 12.1. The predicted molar refractivity (Wildman–Crippen MR) is 90.6 cm³/mol. The van der Waals surface area contributed by atoms with Gasteiger partial charge in [0.05, 0.1) is 12.6 Å². The normalized spacial score (nSPS) is 17.7. The summed E-state index contributed by atoms with van der Waals surface area (Å²) in [4.78, 5) is 8.62. The largest absolute Gasteiger partial charge is 0.475 e. The van der Waals surface area contributed by atoms with Gasteiger partial charge in [-0.15, -0.1) is 0 Å². The van der Waals surface area contributed by atoms with Gasteiger partial charge in [-0.1, -0.05) is 11.6 Å². The number of aliphatic imine (C=N–C) groups is 1. The molecule has 1 aromatic heterocycles. The van der Waals surface area contributed by atoms with Crippen molar-refractivity contribution in [3.63, 3.8) is 0 Å². The standard InChI is InChI=1S/C16H20ClFN4O/c1-11-7-12(9-22-16(11)23-6-4-18)8-20-10-13-14(19-2)3-5-21-15(13)17/h3,5,7,9-10,14,19,21H,4,6,8H2,1-2H3. The van der Waals surface area contributed by atoms with Gasteiger partial charge in [0.15, 0.2) is 0 Å². The molecule has 124 valence electrons. The Balaban J connectivity index is 2.01.